The second kappa shape index (κ2) is 11.3. The molecule has 7 rings (SSSR count). The Hall–Kier alpha value is -1.57. The summed E-state index contributed by atoms with van der Waals surface area (Å²) >= 11 is 20.7. The number of ether oxygens (including phenoxy) is 1. The highest BCUT2D eigenvalue weighted by Crippen LogP contribution is 2.63. The summed E-state index contributed by atoms with van der Waals surface area (Å²) in [6, 6.07) is -0.625. The normalized spacial score (nSPS) is 38.0. The second-order valence-corrected chi connectivity index (χ2v) is 22.4. The third kappa shape index (κ3) is 5.35. The standard InChI is InChI=1S/C22H26FN9O6P2S4/c1-30-6-29-20-15(21(30)34)28-7-31(20)10-2-11-16(33)17(10)38-40(43,44)35-3-12-9(4-39(41,42)37-11)13(23)22(36-12)32-8-27-14-18(24)25-5-26-19(14)32/h5-13,16-17,22,33H,2-4H2,1H3,(H,41,42)(H,43,44)(H2,24,25,26)/t9-,10-,11+,12-,13-,16-,17+,22-/m1/s1. The van der Waals surface area contributed by atoms with Crippen molar-refractivity contribution in [2.24, 2.45) is 13.0 Å². The molecular weight excluding hydrogens is 696 g/mol. The molecule has 2 unspecified atom stereocenters. The van der Waals surface area contributed by atoms with E-state index >= 15 is 4.39 Å². The van der Waals surface area contributed by atoms with Gasteiger partial charge in [-0.1, -0.05) is 24.1 Å². The molecule has 15 nitrogen and oxygen atoms in total. The van der Waals surface area contributed by atoms with Crippen molar-refractivity contribution >= 4 is 87.4 Å². The number of anilines is 1. The lowest BCUT2D eigenvalue weighted by Gasteiger charge is -2.32. The number of aliphatic hydroxyl groups excluding tert-OH is 1. The van der Waals surface area contributed by atoms with Crippen LogP contribution in [0.1, 0.15) is 18.7 Å². The van der Waals surface area contributed by atoms with Gasteiger partial charge in [-0.2, -0.15) is 0 Å². The van der Waals surface area contributed by atoms with Crippen LogP contribution in [0.15, 0.2) is 30.1 Å². The summed E-state index contributed by atoms with van der Waals surface area (Å²) in [4.78, 5) is 33.6. The molecule has 3 N–H and O–H groups in total. The maximum absolute atomic E-state index is 16.3. The van der Waals surface area contributed by atoms with E-state index < -0.39 is 59.9 Å². The van der Waals surface area contributed by atoms with Crippen molar-refractivity contribution in [3.8, 4) is 0 Å². The van der Waals surface area contributed by atoms with E-state index in [4.69, 9.17) is 59.9 Å². The molecule has 3 fully saturated rings. The van der Waals surface area contributed by atoms with Crippen molar-refractivity contribution in [1.82, 2.24) is 38.6 Å². The Labute approximate surface area is 269 Å². The number of aliphatic hydroxyl groups is 1. The molecule has 4 aromatic heterocycles. The van der Waals surface area contributed by atoms with Gasteiger partial charge in [-0.3, -0.25) is 9.36 Å². The Morgan fingerprint density at radius 2 is 1.77 bits per heavy atom. The van der Waals surface area contributed by atoms with Gasteiger partial charge < -0.3 is 38.3 Å². The molecule has 2 aliphatic heterocycles. The minimum absolute atomic E-state index is 0.0152. The molecule has 44 heavy (non-hydrogen) atoms. The van der Waals surface area contributed by atoms with E-state index in [0.717, 1.165) is 0 Å². The van der Waals surface area contributed by atoms with Crippen LogP contribution in [-0.2, 0) is 49.0 Å². The van der Waals surface area contributed by atoms with E-state index in [1.54, 1.807) is 11.6 Å². The molecule has 1 saturated carbocycles. The van der Waals surface area contributed by atoms with Crippen LogP contribution in [0.3, 0.4) is 0 Å². The number of hydrogen-bond donors (Lipinski definition) is 4. The molecule has 236 valence electrons. The first-order valence-corrected chi connectivity index (χ1v) is 21.1. The van der Waals surface area contributed by atoms with Crippen molar-refractivity contribution in [3.05, 3.63) is 35.7 Å². The third-order valence-electron chi connectivity index (χ3n) is 8.10. The summed E-state index contributed by atoms with van der Waals surface area (Å²) in [5, 5.41) is 11.4. The first kappa shape index (κ1) is 31.1. The van der Waals surface area contributed by atoms with Crippen molar-refractivity contribution in [2.45, 2.75) is 49.3 Å². The highest BCUT2D eigenvalue weighted by atomic mass is 32.9. The zero-order valence-corrected chi connectivity index (χ0v) is 27.9. The SMILES string of the molecule is Cn1cnc2c(ncn2[C@@H]2C[C@@H]3OP(=S)(S)C[C@H]4[C@@H](F)[C@H](n5cnc6c(N)ncnc65)O[C@@H]4COP(=S)(S)O[C@@H]2[C@@H]3O)c1=O. The van der Waals surface area contributed by atoms with Crippen LogP contribution >= 0.6 is 35.7 Å². The summed E-state index contributed by atoms with van der Waals surface area (Å²) in [5.41, 5.74) is 0.243. The van der Waals surface area contributed by atoms with E-state index in [2.05, 4.69) is 37.2 Å². The summed E-state index contributed by atoms with van der Waals surface area (Å²) < 4.78 is 45.4. The van der Waals surface area contributed by atoms with Crippen molar-refractivity contribution in [2.75, 3.05) is 18.5 Å². The largest absolute Gasteiger partial charge is 0.388 e. The van der Waals surface area contributed by atoms with E-state index in [-0.39, 0.29) is 36.1 Å². The molecule has 1 aliphatic carbocycles. The molecule has 2 bridgehead atoms. The molecule has 10 atom stereocenters. The van der Waals surface area contributed by atoms with Gasteiger partial charge in [-0.25, -0.2) is 29.3 Å². The minimum atomic E-state index is -3.37. The first-order valence-electron chi connectivity index (χ1n) is 13.3. The van der Waals surface area contributed by atoms with E-state index in [0.29, 0.717) is 16.8 Å². The Morgan fingerprint density at radius 1 is 1.05 bits per heavy atom. The number of nitrogen functional groups attached to an aromatic ring is 1. The topological polar surface area (TPSA) is 179 Å². The molecule has 0 aromatic carbocycles. The molecule has 6 heterocycles. The van der Waals surface area contributed by atoms with Crippen molar-refractivity contribution in [1.29, 1.82) is 0 Å². The minimum Gasteiger partial charge on any atom is -0.388 e. The Morgan fingerprint density at radius 3 is 2.57 bits per heavy atom. The predicted octanol–water partition coefficient (Wildman–Crippen LogP) is 1.90. The van der Waals surface area contributed by atoms with Crippen LogP contribution in [0.2, 0.25) is 0 Å². The fraction of sp³-hybridized carbons (Fsp3) is 0.545. The molecular formula is C22H26FN9O6P2S4. The summed E-state index contributed by atoms with van der Waals surface area (Å²) in [5.74, 6) is -0.677. The number of halogens is 1. The van der Waals surface area contributed by atoms with Crippen molar-refractivity contribution in [3.63, 3.8) is 0 Å². The molecule has 3 aliphatic rings. The van der Waals surface area contributed by atoms with Crippen LogP contribution < -0.4 is 11.3 Å². The zero-order valence-electron chi connectivity index (χ0n) is 22.7. The number of hydrogen-bond acceptors (Lipinski definition) is 14. The molecule has 0 amide bonds. The number of alkyl halides is 1. The van der Waals surface area contributed by atoms with Gasteiger partial charge >= 0.3 is 0 Å². The number of aromatic nitrogens is 8. The Bertz CT molecular complexity index is 1930. The maximum atomic E-state index is 16.3. The highest BCUT2D eigenvalue weighted by molar-refractivity contribution is 8.61. The van der Waals surface area contributed by atoms with Gasteiger partial charge in [0.25, 0.3) is 5.56 Å². The highest BCUT2D eigenvalue weighted by Gasteiger charge is 2.53. The molecule has 2 saturated heterocycles. The molecule has 0 spiro atoms. The lowest BCUT2D eigenvalue weighted by atomic mass is 10.0. The van der Waals surface area contributed by atoms with E-state index in [1.807, 2.05) is 0 Å². The summed E-state index contributed by atoms with van der Waals surface area (Å²) in [6.45, 7) is -0.183. The van der Waals surface area contributed by atoms with Crippen LogP contribution in [-0.4, -0.2) is 87.1 Å². The number of thiol groups is 2. The van der Waals surface area contributed by atoms with Gasteiger partial charge in [0.05, 0.1) is 43.8 Å². The average molecular weight is 722 g/mol. The van der Waals surface area contributed by atoms with Crippen LogP contribution in [0, 0.1) is 5.92 Å². The maximum Gasteiger partial charge on any atom is 0.281 e. The lowest BCUT2D eigenvalue weighted by molar-refractivity contribution is -0.0379. The molecule has 0 radical (unpaired) electrons. The third-order valence-corrected chi connectivity index (χ3v) is 13.3. The second-order valence-electron chi connectivity index (χ2n) is 10.8. The number of aryl methyl sites for hydroxylation is 1. The Balaban J connectivity index is 1.22. The van der Waals surface area contributed by atoms with Crippen LogP contribution in [0.5, 0.6) is 0 Å². The number of rotatable bonds is 2. The van der Waals surface area contributed by atoms with Gasteiger partial charge in [0.15, 0.2) is 35.0 Å². The van der Waals surface area contributed by atoms with Gasteiger partial charge in [0.1, 0.15) is 29.5 Å². The monoisotopic (exact) mass is 721 g/mol. The molecule has 4 aromatic rings. The average Bonchev–Trinajstić information content (AvgIpc) is 3.72. The van der Waals surface area contributed by atoms with E-state index in [1.165, 1.54) is 34.4 Å². The number of fused-ring (bicyclic) bond motifs is 5. The fourth-order valence-electron chi connectivity index (χ4n) is 6.00. The van der Waals surface area contributed by atoms with Crippen LogP contribution in [0.4, 0.5) is 10.2 Å². The quantitative estimate of drug-likeness (QED) is 0.174. The molecule has 22 heteroatoms. The van der Waals surface area contributed by atoms with Gasteiger partial charge in [-0.05, 0) is 11.8 Å². The fourth-order valence-corrected chi connectivity index (χ4v) is 11.4. The predicted molar refractivity (Wildman–Crippen MR) is 172 cm³/mol. The zero-order chi connectivity index (χ0) is 31.1. The smallest absolute Gasteiger partial charge is 0.281 e. The van der Waals surface area contributed by atoms with Gasteiger partial charge in [-0.15, -0.1) is 12.2 Å². The summed E-state index contributed by atoms with van der Waals surface area (Å²) in [6.07, 6.45) is -0.972. The lowest BCUT2D eigenvalue weighted by Crippen LogP contribution is -2.35. The number of nitrogens with zero attached hydrogens (tertiary/aromatic N) is 8. The first-order chi connectivity index (χ1) is 20.8. The Kier molecular flexibility index (Phi) is 7.97. The van der Waals surface area contributed by atoms with Gasteiger partial charge in [0, 0.05) is 25.5 Å². The summed E-state index contributed by atoms with van der Waals surface area (Å²) in [7, 11) is 1.57. The number of imidazole rings is 2. The van der Waals surface area contributed by atoms with Gasteiger partial charge in [0.2, 0.25) is 5.69 Å². The number of nitrogens with two attached hydrogens (primary N) is 1. The van der Waals surface area contributed by atoms with Crippen LogP contribution in [0.25, 0.3) is 22.3 Å². The van der Waals surface area contributed by atoms with Crippen molar-refractivity contribution < 1.29 is 27.8 Å². The van der Waals surface area contributed by atoms with E-state index in [9.17, 15) is 9.90 Å².